The van der Waals surface area contributed by atoms with E-state index in [0.29, 0.717) is 31.2 Å². The van der Waals surface area contributed by atoms with Crippen LogP contribution in [0.3, 0.4) is 0 Å². The lowest BCUT2D eigenvalue weighted by atomic mass is 9.98. The number of carboxylic acid groups (broad SMARTS) is 1. The van der Waals surface area contributed by atoms with Gasteiger partial charge in [0.2, 0.25) is 5.91 Å². The number of hydrogen-bond donors (Lipinski definition) is 2. The summed E-state index contributed by atoms with van der Waals surface area (Å²) in [6, 6.07) is 15.8. The van der Waals surface area contributed by atoms with Crippen molar-refractivity contribution in [1.82, 2.24) is 10.2 Å². The fourth-order valence-electron chi connectivity index (χ4n) is 4.81. The Morgan fingerprint density at radius 2 is 1.57 bits per heavy atom. The van der Waals surface area contributed by atoms with Crippen LogP contribution >= 0.6 is 11.8 Å². The number of benzene rings is 2. The van der Waals surface area contributed by atoms with Crippen LogP contribution in [0.5, 0.6) is 0 Å². The van der Waals surface area contributed by atoms with Crippen molar-refractivity contribution in [3.8, 4) is 11.1 Å². The lowest BCUT2D eigenvalue weighted by molar-refractivity contribution is -0.147. The molecule has 2 aliphatic rings. The molecule has 1 unspecified atom stereocenters. The molecule has 2 amide bonds. The van der Waals surface area contributed by atoms with E-state index in [4.69, 9.17) is 4.74 Å². The van der Waals surface area contributed by atoms with Gasteiger partial charge in [0.05, 0.1) is 5.88 Å². The highest BCUT2D eigenvalue weighted by molar-refractivity contribution is 7.99. The summed E-state index contributed by atoms with van der Waals surface area (Å²) in [5.41, 5.74) is 4.81. The summed E-state index contributed by atoms with van der Waals surface area (Å²) < 4.78 is 5.55. The first kappa shape index (κ1) is 25.1. The highest BCUT2D eigenvalue weighted by Gasteiger charge is 2.34. The molecule has 186 valence electrons. The Morgan fingerprint density at radius 3 is 2.26 bits per heavy atom. The van der Waals surface area contributed by atoms with Gasteiger partial charge in [0.15, 0.2) is 0 Å². The molecule has 1 fully saturated rings. The van der Waals surface area contributed by atoms with E-state index in [1.807, 2.05) is 24.3 Å². The summed E-state index contributed by atoms with van der Waals surface area (Å²) >= 11 is 1.49. The number of carbonyl (C=O) groups is 3. The molecule has 2 aromatic rings. The minimum absolute atomic E-state index is 0.0563. The van der Waals surface area contributed by atoms with Gasteiger partial charge in [-0.1, -0.05) is 67.8 Å². The van der Waals surface area contributed by atoms with E-state index >= 15 is 0 Å². The average Bonchev–Trinajstić information content (AvgIpc) is 3.48. The molecule has 8 heteroatoms. The smallest absolute Gasteiger partial charge is 0.407 e. The fourth-order valence-corrected chi connectivity index (χ4v) is 5.98. The molecule has 1 aliphatic carbocycles. The van der Waals surface area contributed by atoms with Gasteiger partial charge in [-0.3, -0.25) is 4.79 Å². The molecule has 7 nitrogen and oxygen atoms in total. The molecule has 0 spiro atoms. The van der Waals surface area contributed by atoms with E-state index < -0.39 is 18.1 Å². The van der Waals surface area contributed by atoms with Gasteiger partial charge in [-0.15, -0.1) is 11.8 Å². The van der Waals surface area contributed by atoms with E-state index in [9.17, 15) is 19.5 Å². The second-order valence-electron chi connectivity index (χ2n) is 8.99. The number of aliphatic carboxylic acids is 1. The second kappa shape index (κ2) is 12.1. The zero-order valence-corrected chi connectivity index (χ0v) is 20.6. The quantitative estimate of drug-likeness (QED) is 0.432. The minimum Gasteiger partial charge on any atom is -0.480 e. The van der Waals surface area contributed by atoms with E-state index in [-0.39, 0.29) is 11.8 Å². The van der Waals surface area contributed by atoms with Gasteiger partial charge in [0.25, 0.3) is 0 Å². The number of rotatable bonds is 11. The largest absolute Gasteiger partial charge is 0.480 e. The molecule has 0 aromatic heterocycles. The van der Waals surface area contributed by atoms with Gasteiger partial charge >= 0.3 is 12.1 Å². The number of nitrogens with zero attached hydrogens (tertiary/aromatic N) is 1. The number of nitrogens with one attached hydrogen (secondary N) is 1. The maximum atomic E-state index is 12.3. The van der Waals surface area contributed by atoms with Crippen LogP contribution in [0.1, 0.15) is 55.6 Å². The van der Waals surface area contributed by atoms with Crippen LogP contribution in [0.4, 0.5) is 4.79 Å². The summed E-state index contributed by atoms with van der Waals surface area (Å²) in [4.78, 5) is 37.1. The summed E-state index contributed by atoms with van der Waals surface area (Å²) in [6.45, 7) is 0.868. The lowest BCUT2D eigenvalue weighted by Gasteiger charge is -2.20. The monoisotopic (exact) mass is 496 g/mol. The standard InChI is InChI=1S/C27H32N2O5S/c30-25(29-18-35-17-24(29)26(31)32)14-4-2-1-3-9-15-28-27(33)34-16-23-21-12-7-5-10-19(21)20-11-6-8-13-22(20)23/h5-8,10-13,23-24H,1-4,9,14-18H2,(H,28,33)(H,31,32). The van der Waals surface area contributed by atoms with Crippen LogP contribution in [0.25, 0.3) is 11.1 Å². The molecule has 4 rings (SSSR count). The summed E-state index contributed by atoms with van der Waals surface area (Å²) in [5.74, 6) is 0.00194. The molecule has 0 bridgehead atoms. The van der Waals surface area contributed by atoms with Gasteiger partial charge in [0.1, 0.15) is 12.6 Å². The van der Waals surface area contributed by atoms with Gasteiger partial charge in [0, 0.05) is 24.6 Å². The number of alkyl carbamates (subject to hydrolysis) is 1. The summed E-state index contributed by atoms with van der Waals surface area (Å²) in [5, 5.41) is 12.0. The van der Waals surface area contributed by atoms with Crippen molar-refractivity contribution in [2.24, 2.45) is 0 Å². The number of carboxylic acids is 1. The maximum Gasteiger partial charge on any atom is 0.407 e. The molecular weight excluding hydrogens is 464 g/mol. The Morgan fingerprint density at radius 1 is 0.943 bits per heavy atom. The van der Waals surface area contributed by atoms with E-state index in [1.165, 1.54) is 38.9 Å². The van der Waals surface area contributed by atoms with Crippen LogP contribution < -0.4 is 5.32 Å². The lowest BCUT2D eigenvalue weighted by Crippen LogP contribution is -2.41. The first-order chi connectivity index (χ1) is 17.1. The number of fused-ring (bicyclic) bond motifs is 3. The fraction of sp³-hybridized carbons (Fsp3) is 0.444. The molecule has 2 aromatic carbocycles. The SMILES string of the molecule is O=C(NCCCCCCCC(=O)N1CSCC1C(=O)O)OCC1c2ccccc2-c2ccccc21. The Kier molecular flexibility index (Phi) is 8.69. The van der Waals surface area contributed by atoms with Crippen molar-refractivity contribution in [1.29, 1.82) is 0 Å². The number of thioether (sulfide) groups is 1. The number of carbonyl (C=O) groups excluding carboxylic acids is 2. The third kappa shape index (κ3) is 6.17. The van der Waals surface area contributed by atoms with Crippen molar-refractivity contribution in [3.63, 3.8) is 0 Å². The Bertz CT molecular complexity index is 1010. The predicted molar refractivity (Wildman–Crippen MR) is 136 cm³/mol. The molecule has 0 radical (unpaired) electrons. The maximum absolute atomic E-state index is 12.3. The van der Waals surface area contributed by atoms with Crippen molar-refractivity contribution >= 4 is 29.7 Å². The number of amides is 2. The van der Waals surface area contributed by atoms with E-state index in [0.717, 1.165) is 32.1 Å². The molecule has 1 saturated heterocycles. The van der Waals surface area contributed by atoms with Crippen LogP contribution in [-0.2, 0) is 14.3 Å². The topological polar surface area (TPSA) is 95.9 Å². The first-order valence-corrected chi connectivity index (χ1v) is 13.4. The van der Waals surface area contributed by atoms with Gasteiger partial charge < -0.3 is 20.1 Å². The van der Waals surface area contributed by atoms with Crippen molar-refractivity contribution in [2.75, 3.05) is 24.8 Å². The summed E-state index contributed by atoms with van der Waals surface area (Å²) in [6.07, 6.45) is 4.44. The van der Waals surface area contributed by atoms with Crippen molar-refractivity contribution in [3.05, 3.63) is 59.7 Å². The van der Waals surface area contributed by atoms with Crippen molar-refractivity contribution in [2.45, 2.75) is 50.5 Å². The zero-order chi connectivity index (χ0) is 24.6. The van der Waals surface area contributed by atoms with Gasteiger partial charge in [-0.05, 0) is 35.1 Å². The molecule has 0 saturated carbocycles. The first-order valence-electron chi connectivity index (χ1n) is 12.2. The molecule has 35 heavy (non-hydrogen) atoms. The van der Waals surface area contributed by atoms with Crippen LogP contribution in [-0.4, -0.2) is 58.8 Å². The minimum atomic E-state index is -0.924. The Hall–Kier alpha value is -3.00. The van der Waals surface area contributed by atoms with Gasteiger partial charge in [-0.25, -0.2) is 9.59 Å². The van der Waals surface area contributed by atoms with Crippen molar-refractivity contribution < 1.29 is 24.2 Å². The van der Waals surface area contributed by atoms with Crippen LogP contribution in [0.15, 0.2) is 48.5 Å². The molecular formula is C27H32N2O5S. The number of ether oxygens (including phenoxy) is 1. The highest BCUT2D eigenvalue weighted by atomic mass is 32.2. The normalized spacial score (nSPS) is 16.6. The molecule has 1 aliphatic heterocycles. The second-order valence-corrected chi connectivity index (χ2v) is 9.99. The number of unbranched alkanes of at least 4 members (excludes halogenated alkanes) is 4. The van der Waals surface area contributed by atoms with Gasteiger partial charge in [-0.2, -0.15) is 0 Å². The zero-order valence-electron chi connectivity index (χ0n) is 19.8. The third-order valence-corrected chi connectivity index (χ3v) is 7.68. The predicted octanol–water partition coefficient (Wildman–Crippen LogP) is 4.85. The molecule has 2 N–H and O–H groups in total. The van der Waals surface area contributed by atoms with E-state index in [2.05, 4.69) is 29.6 Å². The number of hydrogen-bond acceptors (Lipinski definition) is 5. The highest BCUT2D eigenvalue weighted by Crippen LogP contribution is 2.44. The Balaban J connectivity index is 1.08. The van der Waals surface area contributed by atoms with Crippen LogP contribution in [0.2, 0.25) is 0 Å². The Labute approximate surface area is 210 Å². The van der Waals surface area contributed by atoms with Crippen LogP contribution in [0, 0.1) is 0 Å². The van der Waals surface area contributed by atoms with E-state index in [1.54, 1.807) is 0 Å². The molecule has 1 heterocycles. The third-order valence-electron chi connectivity index (χ3n) is 6.67. The molecule has 1 atom stereocenters. The summed E-state index contributed by atoms with van der Waals surface area (Å²) in [7, 11) is 0. The average molecular weight is 497 g/mol.